The van der Waals surface area contributed by atoms with Gasteiger partial charge < -0.3 is 5.32 Å². The molecule has 0 aliphatic heterocycles. The maximum absolute atomic E-state index is 13.5. The standard InChI is InChI=1S/C27H32N2O3S/c1-5-22-13-14-23(6-2)24(17-22)18-28-27(30)19-29(26-10-8-7-9-21(26)4)33(31,32)25-15-11-20(3)12-16-25/h7-17H,5-6,18-19H2,1-4H3,(H,28,30). The molecule has 3 aromatic rings. The van der Waals surface area contributed by atoms with Gasteiger partial charge in [-0.05, 0) is 67.1 Å². The highest BCUT2D eigenvalue weighted by molar-refractivity contribution is 7.92. The Morgan fingerprint density at radius 2 is 1.58 bits per heavy atom. The monoisotopic (exact) mass is 464 g/mol. The van der Waals surface area contributed by atoms with E-state index in [-0.39, 0.29) is 17.3 Å². The first-order valence-electron chi connectivity index (χ1n) is 11.3. The fourth-order valence-electron chi connectivity index (χ4n) is 3.77. The maximum Gasteiger partial charge on any atom is 0.264 e. The zero-order valence-corrected chi connectivity index (χ0v) is 20.6. The first-order chi connectivity index (χ1) is 15.8. The molecule has 0 aromatic heterocycles. The summed E-state index contributed by atoms with van der Waals surface area (Å²) in [5, 5.41) is 2.93. The van der Waals surface area contributed by atoms with Gasteiger partial charge in [-0.1, -0.05) is 67.9 Å². The second-order valence-electron chi connectivity index (χ2n) is 8.20. The SMILES string of the molecule is CCc1ccc(CC)c(CNC(=O)CN(c2ccccc2C)S(=O)(=O)c2ccc(C)cc2)c1. The van der Waals surface area contributed by atoms with Crippen LogP contribution in [0.1, 0.15) is 41.7 Å². The summed E-state index contributed by atoms with van der Waals surface area (Å²) in [4.78, 5) is 13.1. The number of sulfonamides is 1. The van der Waals surface area contributed by atoms with Crippen LogP contribution in [-0.2, 0) is 34.2 Å². The molecule has 0 unspecified atom stereocenters. The highest BCUT2D eigenvalue weighted by Crippen LogP contribution is 2.26. The normalized spacial score (nSPS) is 11.3. The Morgan fingerprint density at radius 3 is 2.21 bits per heavy atom. The highest BCUT2D eigenvalue weighted by Gasteiger charge is 2.28. The lowest BCUT2D eigenvalue weighted by atomic mass is 10.0. The van der Waals surface area contributed by atoms with Crippen LogP contribution in [0.15, 0.2) is 71.6 Å². The number of rotatable bonds is 9. The average molecular weight is 465 g/mol. The van der Waals surface area contributed by atoms with Gasteiger partial charge in [0.2, 0.25) is 5.91 Å². The van der Waals surface area contributed by atoms with Gasteiger partial charge in [-0.25, -0.2) is 8.42 Å². The average Bonchev–Trinajstić information content (AvgIpc) is 2.81. The Bertz CT molecular complexity index is 1220. The van der Waals surface area contributed by atoms with Crippen molar-refractivity contribution in [2.24, 2.45) is 0 Å². The van der Waals surface area contributed by atoms with Gasteiger partial charge in [0.05, 0.1) is 10.6 Å². The van der Waals surface area contributed by atoms with E-state index in [0.29, 0.717) is 12.2 Å². The summed E-state index contributed by atoms with van der Waals surface area (Å²) in [6.07, 6.45) is 1.78. The molecule has 1 N–H and O–H groups in total. The van der Waals surface area contributed by atoms with E-state index >= 15 is 0 Å². The van der Waals surface area contributed by atoms with Crippen molar-refractivity contribution in [2.45, 2.75) is 52.0 Å². The van der Waals surface area contributed by atoms with Crippen molar-refractivity contribution in [1.29, 1.82) is 0 Å². The van der Waals surface area contributed by atoms with Crippen molar-refractivity contribution in [3.05, 3.63) is 94.5 Å². The lowest BCUT2D eigenvalue weighted by Crippen LogP contribution is -2.41. The van der Waals surface area contributed by atoms with E-state index in [1.807, 2.05) is 26.0 Å². The summed E-state index contributed by atoms with van der Waals surface area (Å²) in [5.41, 5.74) is 5.69. The van der Waals surface area contributed by atoms with E-state index in [0.717, 1.165) is 29.5 Å². The van der Waals surface area contributed by atoms with Crippen molar-refractivity contribution >= 4 is 21.6 Å². The molecule has 0 aliphatic rings. The molecule has 3 aromatic carbocycles. The molecule has 0 heterocycles. The van der Waals surface area contributed by atoms with Crippen LogP contribution >= 0.6 is 0 Å². The van der Waals surface area contributed by atoms with Crippen LogP contribution in [0.4, 0.5) is 5.69 Å². The summed E-state index contributed by atoms with van der Waals surface area (Å²) in [6.45, 7) is 7.99. The predicted octanol–water partition coefficient (Wildman–Crippen LogP) is 4.94. The summed E-state index contributed by atoms with van der Waals surface area (Å²) < 4.78 is 28.3. The molecule has 0 radical (unpaired) electrons. The van der Waals surface area contributed by atoms with Gasteiger partial charge in [-0.3, -0.25) is 9.10 Å². The molecular weight excluding hydrogens is 432 g/mol. The quantitative estimate of drug-likeness (QED) is 0.488. The van der Waals surface area contributed by atoms with E-state index < -0.39 is 10.0 Å². The topological polar surface area (TPSA) is 66.5 Å². The number of hydrogen-bond donors (Lipinski definition) is 1. The Balaban J connectivity index is 1.87. The number of para-hydroxylation sites is 1. The molecule has 0 atom stereocenters. The number of benzene rings is 3. The molecular formula is C27H32N2O3S. The van der Waals surface area contributed by atoms with Gasteiger partial charge in [0, 0.05) is 6.54 Å². The van der Waals surface area contributed by atoms with Gasteiger partial charge in [0.25, 0.3) is 10.0 Å². The van der Waals surface area contributed by atoms with Crippen molar-refractivity contribution < 1.29 is 13.2 Å². The van der Waals surface area contributed by atoms with E-state index in [1.54, 1.807) is 36.4 Å². The van der Waals surface area contributed by atoms with Crippen molar-refractivity contribution in [3.63, 3.8) is 0 Å². The minimum Gasteiger partial charge on any atom is -0.350 e. The van der Waals surface area contributed by atoms with Gasteiger partial charge in [0.1, 0.15) is 6.54 Å². The zero-order chi connectivity index (χ0) is 24.0. The van der Waals surface area contributed by atoms with Crippen molar-refractivity contribution in [2.75, 3.05) is 10.8 Å². The van der Waals surface area contributed by atoms with Gasteiger partial charge in [-0.15, -0.1) is 0 Å². The fraction of sp³-hybridized carbons (Fsp3) is 0.296. The van der Waals surface area contributed by atoms with Gasteiger partial charge in [0.15, 0.2) is 0 Å². The number of amides is 1. The van der Waals surface area contributed by atoms with Crippen molar-refractivity contribution in [3.8, 4) is 0 Å². The number of hydrogen-bond acceptors (Lipinski definition) is 3. The fourth-order valence-corrected chi connectivity index (χ4v) is 5.25. The van der Waals surface area contributed by atoms with E-state index in [2.05, 4.69) is 37.4 Å². The highest BCUT2D eigenvalue weighted by atomic mass is 32.2. The Labute approximate surface area is 197 Å². The molecule has 0 saturated heterocycles. The van der Waals surface area contributed by atoms with Crippen LogP contribution in [0, 0.1) is 13.8 Å². The smallest absolute Gasteiger partial charge is 0.264 e. The maximum atomic E-state index is 13.5. The Morgan fingerprint density at radius 1 is 0.879 bits per heavy atom. The lowest BCUT2D eigenvalue weighted by molar-refractivity contribution is -0.119. The summed E-state index contributed by atoms with van der Waals surface area (Å²) in [6, 6.07) is 20.2. The first kappa shape index (κ1) is 24.5. The van der Waals surface area contributed by atoms with E-state index in [4.69, 9.17) is 0 Å². The molecule has 0 spiro atoms. The molecule has 0 bridgehead atoms. The molecule has 5 nitrogen and oxygen atoms in total. The predicted molar refractivity (Wildman–Crippen MR) is 134 cm³/mol. The van der Waals surface area contributed by atoms with Crippen LogP contribution in [0.3, 0.4) is 0 Å². The second kappa shape index (κ2) is 10.7. The lowest BCUT2D eigenvalue weighted by Gasteiger charge is -2.25. The largest absolute Gasteiger partial charge is 0.350 e. The molecule has 6 heteroatoms. The molecule has 1 amide bonds. The third kappa shape index (κ3) is 5.82. The summed E-state index contributed by atoms with van der Waals surface area (Å²) >= 11 is 0. The first-order valence-corrected chi connectivity index (χ1v) is 12.7. The minimum absolute atomic E-state index is 0.160. The minimum atomic E-state index is -3.92. The van der Waals surface area contributed by atoms with Crippen LogP contribution in [0.25, 0.3) is 0 Å². The molecule has 3 rings (SSSR count). The van der Waals surface area contributed by atoms with Gasteiger partial charge >= 0.3 is 0 Å². The van der Waals surface area contributed by atoms with Crippen LogP contribution in [-0.4, -0.2) is 20.9 Å². The third-order valence-electron chi connectivity index (χ3n) is 5.82. The molecule has 174 valence electrons. The van der Waals surface area contributed by atoms with E-state index in [9.17, 15) is 13.2 Å². The Kier molecular flexibility index (Phi) is 7.92. The number of aryl methyl sites for hydroxylation is 4. The van der Waals surface area contributed by atoms with Gasteiger partial charge in [-0.2, -0.15) is 0 Å². The summed E-state index contributed by atoms with van der Waals surface area (Å²) in [7, 11) is -3.92. The van der Waals surface area contributed by atoms with Crippen molar-refractivity contribution in [1.82, 2.24) is 5.32 Å². The molecule has 0 fully saturated rings. The molecule has 0 saturated carbocycles. The Hall–Kier alpha value is -3.12. The molecule has 0 aliphatic carbocycles. The number of carbonyl (C=O) groups excluding carboxylic acids is 1. The van der Waals surface area contributed by atoms with Crippen LogP contribution in [0.5, 0.6) is 0 Å². The second-order valence-corrected chi connectivity index (χ2v) is 10.1. The number of nitrogens with one attached hydrogen (secondary N) is 1. The van der Waals surface area contributed by atoms with Crippen LogP contribution < -0.4 is 9.62 Å². The third-order valence-corrected chi connectivity index (χ3v) is 7.59. The van der Waals surface area contributed by atoms with E-state index in [1.165, 1.54) is 15.4 Å². The number of nitrogens with zero attached hydrogens (tertiary/aromatic N) is 1. The number of anilines is 1. The van der Waals surface area contributed by atoms with Crippen LogP contribution in [0.2, 0.25) is 0 Å². The summed E-state index contributed by atoms with van der Waals surface area (Å²) in [5.74, 6) is -0.349. The number of carbonyl (C=O) groups is 1. The zero-order valence-electron chi connectivity index (χ0n) is 19.8. The molecule has 33 heavy (non-hydrogen) atoms.